The molecule has 1 aromatic carbocycles. The summed E-state index contributed by atoms with van der Waals surface area (Å²) in [5.74, 6) is -0.0991. The van der Waals surface area contributed by atoms with Crippen LogP contribution in [0.5, 0.6) is 0 Å². The second kappa shape index (κ2) is 5.72. The van der Waals surface area contributed by atoms with Crippen LogP contribution in [0.15, 0.2) is 18.2 Å². The summed E-state index contributed by atoms with van der Waals surface area (Å²) < 4.78 is 14.3. The first kappa shape index (κ1) is 15.3. The molecule has 0 bridgehead atoms. The second-order valence-corrected chi connectivity index (χ2v) is 7.00. The van der Waals surface area contributed by atoms with Gasteiger partial charge in [0.1, 0.15) is 5.82 Å². The minimum absolute atomic E-state index is 0.0991. The maximum Gasteiger partial charge on any atom is 0.146 e. The van der Waals surface area contributed by atoms with E-state index in [0.717, 1.165) is 30.8 Å². The van der Waals surface area contributed by atoms with E-state index in [-0.39, 0.29) is 11.2 Å². The van der Waals surface area contributed by atoms with Crippen LogP contribution in [0.1, 0.15) is 39.7 Å². The zero-order valence-electron chi connectivity index (χ0n) is 13.3. The summed E-state index contributed by atoms with van der Waals surface area (Å²) in [6.45, 7) is 12.6. The fourth-order valence-electron chi connectivity index (χ4n) is 2.88. The molecule has 2 nitrogen and oxygen atoms in total. The number of halogens is 1. The van der Waals surface area contributed by atoms with Crippen molar-refractivity contribution in [3.63, 3.8) is 0 Å². The summed E-state index contributed by atoms with van der Waals surface area (Å²) in [4.78, 5) is 2.25. The Hall–Kier alpha value is -1.09. The Morgan fingerprint density at radius 2 is 2.05 bits per heavy atom. The van der Waals surface area contributed by atoms with Crippen molar-refractivity contribution in [2.24, 2.45) is 5.41 Å². The zero-order chi connectivity index (χ0) is 14.9. The van der Waals surface area contributed by atoms with Crippen molar-refractivity contribution < 1.29 is 4.39 Å². The van der Waals surface area contributed by atoms with Gasteiger partial charge in [-0.1, -0.05) is 33.8 Å². The van der Waals surface area contributed by atoms with Crippen molar-refractivity contribution in [3.8, 4) is 0 Å². The van der Waals surface area contributed by atoms with Crippen molar-refractivity contribution in [1.82, 2.24) is 5.32 Å². The normalized spacial score (nSPS) is 24.0. The van der Waals surface area contributed by atoms with Crippen LogP contribution in [0.4, 0.5) is 10.1 Å². The largest absolute Gasteiger partial charge is 0.363 e. The average Bonchev–Trinajstić information content (AvgIpc) is 2.37. The molecule has 1 fully saturated rings. The summed E-state index contributed by atoms with van der Waals surface area (Å²) in [5.41, 5.74) is 1.90. The molecular formula is C17H27FN2. The number of hydrogen-bond acceptors (Lipinski definition) is 2. The highest BCUT2D eigenvalue weighted by molar-refractivity contribution is 5.51. The fourth-order valence-corrected chi connectivity index (χ4v) is 2.88. The molecule has 3 heteroatoms. The molecule has 2 rings (SSSR count). The van der Waals surface area contributed by atoms with Gasteiger partial charge in [0.05, 0.1) is 5.69 Å². The lowest BCUT2D eigenvalue weighted by Gasteiger charge is -2.46. The lowest BCUT2D eigenvalue weighted by Crippen LogP contribution is -2.60. The molecular weight excluding hydrogens is 251 g/mol. The highest BCUT2D eigenvalue weighted by Gasteiger charge is 2.34. The van der Waals surface area contributed by atoms with Gasteiger partial charge < -0.3 is 10.2 Å². The van der Waals surface area contributed by atoms with Crippen LogP contribution >= 0.6 is 0 Å². The van der Waals surface area contributed by atoms with Crippen LogP contribution in [-0.4, -0.2) is 25.2 Å². The minimum Gasteiger partial charge on any atom is -0.363 e. The topological polar surface area (TPSA) is 15.3 Å². The van der Waals surface area contributed by atoms with E-state index in [1.54, 1.807) is 6.07 Å². The van der Waals surface area contributed by atoms with E-state index < -0.39 is 0 Å². The average molecular weight is 278 g/mol. The lowest BCUT2D eigenvalue weighted by molar-refractivity contribution is 0.233. The maximum absolute atomic E-state index is 14.3. The van der Waals surface area contributed by atoms with Gasteiger partial charge in [0.15, 0.2) is 0 Å². The summed E-state index contributed by atoms with van der Waals surface area (Å²) in [7, 11) is 0. The number of benzene rings is 1. The van der Waals surface area contributed by atoms with Crippen LogP contribution in [0.25, 0.3) is 0 Å². The molecule has 0 saturated carbocycles. The third-order valence-electron chi connectivity index (χ3n) is 4.35. The first-order chi connectivity index (χ1) is 9.32. The molecule has 1 aliphatic rings. The first-order valence-electron chi connectivity index (χ1n) is 7.59. The van der Waals surface area contributed by atoms with Crippen molar-refractivity contribution in [2.45, 2.75) is 53.1 Å². The second-order valence-electron chi connectivity index (χ2n) is 7.00. The first-order valence-corrected chi connectivity index (χ1v) is 7.59. The van der Waals surface area contributed by atoms with Crippen LogP contribution in [0.3, 0.4) is 0 Å². The number of rotatable bonds is 2. The molecule has 1 heterocycles. The summed E-state index contributed by atoms with van der Waals surface area (Å²) in [5, 5.41) is 3.63. The standard InChI is InChI=1S/C17H27FN2/c1-6-13-10-19-16(17(3,4)5)11-20(13)15-8-7-12(2)9-14(15)18/h7-9,13,16,19H,6,10-11H2,1-5H3. The van der Waals surface area contributed by atoms with Gasteiger partial charge in [-0.15, -0.1) is 0 Å². The third-order valence-corrected chi connectivity index (χ3v) is 4.35. The fraction of sp³-hybridized carbons (Fsp3) is 0.647. The Kier molecular flexibility index (Phi) is 4.38. The molecule has 0 radical (unpaired) electrons. The van der Waals surface area contributed by atoms with Crippen molar-refractivity contribution in [1.29, 1.82) is 0 Å². The number of nitrogens with one attached hydrogen (secondary N) is 1. The van der Waals surface area contributed by atoms with Crippen LogP contribution in [0.2, 0.25) is 0 Å². The summed E-state index contributed by atoms with van der Waals surface area (Å²) in [6.07, 6.45) is 1.02. The molecule has 0 amide bonds. The van der Waals surface area contributed by atoms with Crippen LogP contribution in [0, 0.1) is 18.2 Å². The van der Waals surface area contributed by atoms with Crippen LogP contribution < -0.4 is 10.2 Å². The Balaban J connectivity index is 2.29. The van der Waals surface area contributed by atoms with Gasteiger partial charge in [-0.2, -0.15) is 0 Å². The van der Waals surface area contributed by atoms with E-state index in [2.05, 4.69) is 37.9 Å². The quantitative estimate of drug-likeness (QED) is 0.886. The predicted molar refractivity (Wildman–Crippen MR) is 83.8 cm³/mol. The minimum atomic E-state index is -0.0991. The molecule has 1 aliphatic heterocycles. The molecule has 0 aromatic heterocycles. The molecule has 112 valence electrons. The maximum atomic E-state index is 14.3. The van der Waals surface area contributed by atoms with E-state index in [0.29, 0.717) is 12.1 Å². The molecule has 0 aliphatic carbocycles. The van der Waals surface area contributed by atoms with Gasteiger partial charge in [-0.05, 0) is 36.5 Å². The van der Waals surface area contributed by atoms with E-state index in [1.807, 2.05) is 19.1 Å². The molecule has 2 unspecified atom stereocenters. The van der Waals surface area contributed by atoms with Gasteiger partial charge >= 0.3 is 0 Å². The number of nitrogens with zero attached hydrogens (tertiary/aromatic N) is 1. The SMILES string of the molecule is CCC1CNC(C(C)(C)C)CN1c1ccc(C)cc1F. The lowest BCUT2D eigenvalue weighted by atomic mass is 9.84. The molecule has 1 N–H and O–H groups in total. The van der Waals surface area contributed by atoms with Gasteiger partial charge in [-0.25, -0.2) is 4.39 Å². The molecule has 0 spiro atoms. The Morgan fingerprint density at radius 3 is 2.60 bits per heavy atom. The number of aryl methyl sites for hydroxylation is 1. The number of anilines is 1. The molecule has 20 heavy (non-hydrogen) atoms. The van der Waals surface area contributed by atoms with E-state index >= 15 is 0 Å². The third kappa shape index (κ3) is 3.14. The Bertz CT molecular complexity index is 465. The predicted octanol–water partition coefficient (Wildman–Crippen LogP) is 3.74. The highest BCUT2D eigenvalue weighted by atomic mass is 19.1. The highest BCUT2D eigenvalue weighted by Crippen LogP contribution is 2.30. The van der Waals surface area contributed by atoms with E-state index in [4.69, 9.17) is 0 Å². The van der Waals surface area contributed by atoms with E-state index in [1.165, 1.54) is 0 Å². The van der Waals surface area contributed by atoms with Crippen molar-refractivity contribution in [3.05, 3.63) is 29.6 Å². The number of hydrogen-bond donors (Lipinski definition) is 1. The van der Waals surface area contributed by atoms with Gasteiger partial charge in [0, 0.05) is 25.2 Å². The number of piperazine rings is 1. The Morgan fingerprint density at radius 1 is 1.35 bits per heavy atom. The smallest absolute Gasteiger partial charge is 0.146 e. The summed E-state index contributed by atoms with van der Waals surface area (Å²) >= 11 is 0. The van der Waals surface area contributed by atoms with E-state index in [9.17, 15) is 4.39 Å². The zero-order valence-corrected chi connectivity index (χ0v) is 13.3. The monoisotopic (exact) mass is 278 g/mol. The van der Waals surface area contributed by atoms with Gasteiger partial charge in [0.2, 0.25) is 0 Å². The summed E-state index contributed by atoms with van der Waals surface area (Å²) in [6, 6.07) is 6.31. The molecule has 2 atom stereocenters. The van der Waals surface area contributed by atoms with Gasteiger partial charge in [-0.3, -0.25) is 0 Å². The van der Waals surface area contributed by atoms with Gasteiger partial charge in [0.25, 0.3) is 0 Å². The Labute approximate surface area is 122 Å². The van der Waals surface area contributed by atoms with Crippen molar-refractivity contribution in [2.75, 3.05) is 18.0 Å². The molecule has 1 saturated heterocycles. The molecule has 1 aromatic rings. The van der Waals surface area contributed by atoms with Crippen molar-refractivity contribution >= 4 is 5.69 Å². The van der Waals surface area contributed by atoms with Crippen LogP contribution in [-0.2, 0) is 0 Å².